The van der Waals surface area contributed by atoms with E-state index in [2.05, 4.69) is 51.0 Å². The summed E-state index contributed by atoms with van der Waals surface area (Å²) in [5, 5.41) is 3.22. The van der Waals surface area contributed by atoms with Crippen molar-refractivity contribution in [3.8, 4) is 0 Å². The fraction of sp³-hybridized carbons (Fsp3) is 0.714. The van der Waals surface area contributed by atoms with Crippen LogP contribution in [0.15, 0.2) is 6.07 Å². The van der Waals surface area contributed by atoms with E-state index >= 15 is 0 Å². The summed E-state index contributed by atoms with van der Waals surface area (Å²) in [4.78, 5) is 5.34. The first kappa shape index (κ1) is 14.7. The fourth-order valence-corrected chi connectivity index (χ4v) is 2.81. The Labute approximate surface area is 110 Å². The second-order valence-electron chi connectivity index (χ2n) is 5.35. The standard InChI is InChI=1S/C14H26N2S/c1-7-14(3,4)16(6)10-12-8-13(9-15-5)17-11(12)2/h8,15H,7,9-10H2,1-6H3. The third-order valence-corrected chi connectivity index (χ3v) is 4.82. The molecule has 2 nitrogen and oxygen atoms in total. The van der Waals surface area contributed by atoms with Crippen molar-refractivity contribution in [1.82, 2.24) is 10.2 Å². The Balaban J connectivity index is 2.74. The summed E-state index contributed by atoms with van der Waals surface area (Å²) in [7, 11) is 4.22. The van der Waals surface area contributed by atoms with Crippen LogP contribution in [0, 0.1) is 6.92 Å². The SMILES string of the molecule is CCC(C)(C)N(C)Cc1cc(CNC)sc1C. The summed E-state index contributed by atoms with van der Waals surface area (Å²) < 4.78 is 0. The van der Waals surface area contributed by atoms with Gasteiger partial charge < -0.3 is 5.32 Å². The summed E-state index contributed by atoms with van der Waals surface area (Å²) in [6, 6.07) is 2.35. The molecule has 1 rings (SSSR count). The van der Waals surface area contributed by atoms with Gasteiger partial charge in [0.2, 0.25) is 0 Å². The number of hydrogen-bond donors (Lipinski definition) is 1. The lowest BCUT2D eigenvalue weighted by Crippen LogP contribution is -2.39. The van der Waals surface area contributed by atoms with Gasteiger partial charge in [-0.3, -0.25) is 4.90 Å². The van der Waals surface area contributed by atoms with Crippen molar-refractivity contribution in [3.05, 3.63) is 21.4 Å². The van der Waals surface area contributed by atoms with E-state index in [9.17, 15) is 0 Å². The molecule has 0 amide bonds. The monoisotopic (exact) mass is 254 g/mol. The molecule has 0 aliphatic carbocycles. The van der Waals surface area contributed by atoms with E-state index in [4.69, 9.17) is 0 Å². The van der Waals surface area contributed by atoms with Crippen LogP contribution in [-0.4, -0.2) is 24.5 Å². The van der Waals surface area contributed by atoms with Gasteiger partial charge in [-0.2, -0.15) is 0 Å². The summed E-state index contributed by atoms with van der Waals surface area (Å²) in [6.07, 6.45) is 1.18. The van der Waals surface area contributed by atoms with Gasteiger partial charge >= 0.3 is 0 Å². The maximum Gasteiger partial charge on any atom is 0.0296 e. The van der Waals surface area contributed by atoms with Gasteiger partial charge in [0.25, 0.3) is 0 Å². The lowest BCUT2D eigenvalue weighted by molar-refractivity contribution is 0.143. The highest BCUT2D eigenvalue weighted by Crippen LogP contribution is 2.25. The normalized spacial score (nSPS) is 12.4. The molecule has 3 heteroatoms. The highest BCUT2D eigenvalue weighted by atomic mass is 32.1. The van der Waals surface area contributed by atoms with Crippen molar-refractivity contribution in [2.45, 2.75) is 52.7 Å². The van der Waals surface area contributed by atoms with Crippen LogP contribution in [0.4, 0.5) is 0 Å². The largest absolute Gasteiger partial charge is 0.315 e. The van der Waals surface area contributed by atoms with E-state index in [0.29, 0.717) is 0 Å². The van der Waals surface area contributed by atoms with Gasteiger partial charge in [-0.05, 0) is 52.9 Å². The Hall–Kier alpha value is -0.380. The summed E-state index contributed by atoms with van der Waals surface area (Å²) >= 11 is 1.91. The Morgan fingerprint density at radius 1 is 1.41 bits per heavy atom. The quantitative estimate of drug-likeness (QED) is 0.837. The summed E-state index contributed by atoms with van der Waals surface area (Å²) in [6.45, 7) is 11.1. The fourth-order valence-electron chi connectivity index (χ4n) is 1.75. The Bertz CT molecular complexity index is 355. The maximum absolute atomic E-state index is 3.22. The van der Waals surface area contributed by atoms with Gasteiger partial charge in [-0.25, -0.2) is 0 Å². The second kappa shape index (κ2) is 5.98. The van der Waals surface area contributed by atoms with E-state index in [-0.39, 0.29) is 5.54 Å². The molecule has 1 aromatic rings. The molecule has 0 saturated carbocycles. The van der Waals surface area contributed by atoms with Crippen molar-refractivity contribution in [3.63, 3.8) is 0 Å². The molecule has 0 aliphatic rings. The van der Waals surface area contributed by atoms with Gasteiger partial charge in [-0.1, -0.05) is 6.92 Å². The number of nitrogens with zero attached hydrogens (tertiary/aromatic N) is 1. The summed E-state index contributed by atoms with van der Waals surface area (Å²) in [5.41, 5.74) is 1.75. The van der Waals surface area contributed by atoms with Crippen molar-refractivity contribution < 1.29 is 0 Å². The lowest BCUT2D eigenvalue weighted by Gasteiger charge is -2.34. The Morgan fingerprint density at radius 3 is 2.59 bits per heavy atom. The first-order valence-electron chi connectivity index (χ1n) is 6.34. The first-order valence-corrected chi connectivity index (χ1v) is 7.16. The molecular weight excluding hydrogens is 228 g/mol. The van der Waals surface area contributed by atoms with Gasteiger partial charge in [-0.15, -0.1) is 11.3 Å². The van der Waals surface area contributed by atoms with E-state index < -0.39 is 0 Å². The van der Waals surface area contributed by atoms with E-state index in [1.54, 1.807) is 0 Å². The number of aryl methyl sites for hydroxylation is 1. The zero-order chi connectivity index (χ0) is 13.1. The predicted molar refractivity (Wildman–Crippen MR) is 77.7 cm³/mol. The predicted octanol–water partition coefficient (Wildman–Crippen LogP) is 3.40. The molecule has 17 heavy (non-hydrogen) atoms. The van der Waals surface area contributed by atoms with E-state index in [0.717, 1.165) is 13.1 Å². The second-order valence-corrected chi connectivity index (χ2v) is 6.69. The summed E-state index contributed by atoms with van der Waals surface area (Å²) in [5.74, 6) is 0. The number of rotatable bonds is 6. The highest BCUT2D eigenvalue weighted by Gasteiger charge is 2.21. The van der Waals surface area contributed by atoms with Gasteiger partial charge in [0.05, 0.1) is 0 Å². The van der Waals surface area contributed by atoms with Gasteiger partial charge in [0.1, 0.15) is 0 Å². The average Bonchev–Trinajstić information content (AvgIpc) is 2.60. The molecule has 0 spiro atoms. The van der Waals surface area contributed by atoms with Crippen LogP contribution in [0.1, 0.15) is 42.5 Å². The lowest BCUT2D eigenvalue weighted by atomic mass is 9.99. The van der Waals surface area contributed by atoms with Crippen LogP contribution < -0.4 is 5.32 Å². The maximum atomic E-state index is 3.22. The molecule has 0 saturated heterocycles. The van der Waals surface area contributed by atoms with Crippen LogP contribution in [0.25, 0.3) is 0 Å². The van der Waals surface area contributed by atoms with Crippen molar-refractivity contribution in [1.29, 1.82) is 0 Å². The number of hydrogen-bond acceptors (Lipinski definition) is 3. The zero-order valence-electron chi connectivity index (χ0n) is 12.1. The molecule has 0 atom stereocenters. The molecule has 1 heterocycles. The molecular formula is C14H26N2S. The molecule has 1 aromatic heterocycles. The van der Waals surface area contributed by atoms with Gasteiger partial charge in [0, 0.05) is 28.4 Å². The molecule has 98 valence electrons. The zero-order valence-corrected chi connectivity index (χ0v) is 12.9. The molecule has 0 radical (unpaired) electrons. The molecule has 0 unspecified atom stereocenters. The van der Waals surface area contributed by atoms with Crippen LogP contribution in [-0.2, 0) is 13.1 Å². The van der Waals surface area contributed by atoms with Crippen molar-refractivity contribution in [2.24, 2.45) is 0 Å². The smallest absolute Gasteiger partial charge is 0.0296 e. The van der Waals surface area contributed by atoms with Crippen LogP contribution in [0.2, 0.25) is 0 Å². The van der Waals surface area contributed by atoms with Crippen molar-refractivity contribution in [2.75, 3.05) is 14.1 Å². The minimum atomic E-state index is 0.275. The Kier molecular flexibility index (Phi) is 5.17. The van der Waals surface area contributed by atoms with E-state index in [1.807, 2.05) is 18.4 Å². The molecule has 0 aliphatic heterocycles. The van der Waals surface area contributed by atoms with Crippen molar-refractivity contribution >= 4 is 11.3 Å². The van der Waals surface area contributed by atoms with Gasteiger partial charge in [0.15, 0.2) is 0 Å². The highest BCUT2D eigenvalue weighted by molar-refractivity contribution is 7.12. The Morgan fingerprint density at radius 2 is 2.06 bits per heavy atom. The average molecular weight is 254 g/mol. The number of thiophene rings is 1. The minimum Gasteiger partial charge on any atom is -0.315 e. The van der Waals surface area contributed by atoms with Crippen LogP contribution in [0.5, 0.6) is 0 Å². The first-order chi connectivity index (χ1) is 7.90. The molecule has 0 bridgehead atoms. The topological polar surface area (TPSA) is 15.3 Å². The third kappa shape index (κ3) is 3.80. The molecule has 1 N–H and O–H groups in total. The molecule has 0 fully saturated rings. The third-order valence-electron chi connectivity index (χ3n) is 3.73. The van der Waals surface area contributed by atoms with E-state index in [1.165, 1.54) is 21.7 Å². The minimum absolute atomic E-state index is 0.275. The van der Waals surface area contributed by atoms with Crippen LogP contribution in [0.3, 0.4) is 0 Å². The molecule has 0 aromatic carbocycles. The number of nitrogens with one attached hydrogen (secondary N) is 1. The van der Waals surface area contributed by atoms with Crippen LogP contribution >= 0.6 is 11.3 Å².